The Labute approximate surface area is 87.0 Å². The maximum absolute atomic E-state index is 11.1. The van der Waals surface area contributed by atoms with Gasteiger partial charge in [-0.3, -0.25) is 0 Å². The van der Waals surface area contributed by atoms with Crippen LogP contribution < -0.4 is 0 Å². The zero-order valence-corrected chi connectivity index (χ0v) is 8.10. The number of nitrogens with zero attached hydrogens (tertiary/aromatic N) is 1. The molecule has 0 amide bonds. The third-order valence-corrected chi connectivity index (χ3v) is 1.73. The standard InChI is InChI=1S/C11H9NO3/c1-15-11(14)9(7-12)6-8-2-4-10(13)5-3-8/h2-6,13H,1H3/b9-6+. The van der Waals surface area contributed by atoms with E-state index in [1.165, 1.54) is 25.3 Å². The first kappa shape index (κ1) is 10.8. The second kappa shape index (κ2) is 4.82. The number of benzene rings is 1. The molecule has 0 fully saturated rings. The lowest BCUT2D eigenvalue weighted by Gasteiger charge is -1.97. The molecular weight excluding hydrogens is 194 g/mol. The van der Waals surface area contributed by atoms with E-state index in [1.807, 2.05) is 0 Å². The minimum absolute atomic E-state index is 0.0804. The van der Waals surface area contributed by atoms with Crippen LogP contribution in [0.3, 0.4) is 0 Å². The molecule has 4 heteroatoms. The molecule has 0 heterocycles. The van der Waals surface area contributed by atoms with Crippen molar-refractivity contribution in [2.24, 2.45) is 0 Å². The van der Waals surface area contributed by atoms with Gasteiger partial charge in [-0.15, -0.1) is 0 Å². The Kier molecular flexibility index (Phi) is 3.47. The van der Waals surface area contributed by atoms with Crippen LogP contribution in [0.2, 0.25) is 0 Å². The first-order valence-electron chi connectivity index (χ1n) is 4.16. The predicted octanol–water partition coefficient (Wildman–Crippen LogP) is 1.47. The Morgan fingerprint density at radius 1 is 1.47 bits per heavy atom. The Morgan fingerprint density at radius 3 is 2.53 bits per heavy atom. The van der Waals surface area contributed by atoms with E-state index >= 15 is 0 Å². The maximum Gasteiger partial charge on any atom is 0.348 e. The summed E-state index contributed by atoms with van der Waals surface area (Å²) in [5.74, 6) is -0.547. The van der Waals surface area contributed by atoms with E-state index < -0.39 is 5.97 Å². The largest absolute Gasteiger partial charge is 0.508 e. The molecule has 0 atom stereocenters. The first-order chi connectivity index (χ1) is 7.17. The van der Waals surface area contributed by atoms with Crippen molar-refractivity contribution in [3.05, 3.63) is 35.4 Å². The van der Waals surface area contributed by atoms with Crippen molar-refractivity contribution < 1.29 is 14.6 Å². The van der Waals surface area contributed by atoms with Crippen molar-refractivity contribution >= 4 is 12.0 Å². The Balaban J connectivity index is 3.00. The van der Waals surface area contributed by atoms with E-state index in [9.17, 15) is 4.79 Å². The van der Waals surface area contributed by atoms with Crippen LogP contribution in [0.1, 0.15) is 5.56 Å². The summed E-state index contributed by atoms with van der Waals surface area (Å²) in [4.78, 5) is 11.1. The summed E-state index contributed by atoms with van der Waals surface area (Å²) in [6.07, 6.45) is 1.39. The lowest BCUT2D eigenvalue weighted by molar-refractivity contribution is -0.135. The number of carbonyl (C=O) groups is 1. The zero-order valence-electron chi connectivity index (χ0n) is 8.10. The van der Waals surface area contributed by atoms with Gasteiger partial charge < -0.3 is 9.84 Å². The van der Waals surface area contributed by atoms with Gasteiger partial charge >= 0.3 is 5.97 Å². The lowest BCUT2D eigenvalue weighted by atomic mass is 10.1. The lowest BCUT2D eigenvalue weighted by Crippen LogP contribution is -2.02. The Hall–Kier alpha value is -2.28. The summed E-state index contributed by atoms with van der Waals surface area (Å²) in [6.45, 7) is 0. The molecule has 1 aromatic rings. The van der Waals surface area contributed by atoms with Crippen LogP contribution in [0.15, 0.2) is 29.8 Å². The second-order valence-corrected chi connectivity index (χ2v) is 2.75. The molecule has 0 aliphatic rings. The van der Waals surface area contributed by atoms with Gasteiger partial charge in [0.25, 0.3) is 0 Å². The molecule has 0 aliphatic heterocycles. The fourth-order valence-corrected chi connectivity index (χ4v) is 0.984. The third kappa shape index (κ3) is 2.85. The summed E-state index contributed by atoms with van der Waals surface area (Å²) in [7, 11) is 1.21. The topological polar surface area (TPSA) is 70.3 Å². The van der Waals surface area contributed by atoms with Gasteiger partial charge in [-0.2, -0.15) is 5.26 Å². The molecule has 1 aromatic carbocycles. The Morgan fingerprint density at radius 2 is 2.07 bits per heavy atom. The normalized spacial score (nSPS) is 10.5. The highest BCUT2D eigenvalue weighted by atomic mass is 16.5. The number of nitriles is 1. The highest BCUT2D eigenvalue weighted by Crippen LogP contribution is 2.12. The smallest absolute Gasteiger partial charge is 0.348 e. The van der Waals surface area contributed by atoms with E-state index in [2.05, 4.69) is 4.74 Å². The van der Waals surface area contributed by atoms with E-state index in [0.29, 0.717) is 5.56 Å². The van der Waals surface area contributed by atoms with Gasteiger partial charge in [0.1, 0.15) is 17.4 Å². The monoisotopic (exact) mass is 203 g/mol. The molecule has 0 unspecified atom stereocenters. The number of ether oxygens (including phenoxy) is 1. The van der Waals surface area contributed by atoms with Crippen LogP contribution >= 0.6 is 0 Å². The molecule has 4 nitrogen and oxygen atoms in total. The summed E-state index contributed by atoms with van der Waals surface area (Å²) < 4.78 is 4.42. The van der Waals surface area contributed by atoms with Gasteiger partial charge in [-0.1, -0.05) is 12.1 Å². The number of rotatable bonds is 2. The molecule has 1 rings (SSSR count). The quantitative estimate of drug-likeness (QED) is 0.449. The molecule has 0 saturated heterocycles. The fourth-order valence-electron chi connectivity index (χ4n) is 0.984. The van der Waals surface area contributed by atoms with Crippen molar-refractivity contribution in [1.29, 1.82) is 5.26 Å². The molecule has 0 bridgehead atoms. The number of hydrogen-bond donors (Lipinski definition) is 1. The average Bonchev–Trinajstić information content (AvgIpc) is 2.27. The van der Waals surface area contributed by atoms with E-state index in [0.717, 1.165) is 0 Å². The summed E-state index contributed by atoms with van der Waals surface area (Å²) >= 11 is 0. The number of phenolic OH excluding ortho intramolecular Hbond substituents is 1. The Bertz CT molecular complexity index is 426. The minimum Gasteiger partial charge on any atom is -0.508 e. The van der Waals surface area contributed by atoms with Crippen LogP contribution in [0, 0.1) is 11.3 Å². The number of hydrogen-bond acceptors (Lipinski definition) is 4. The summed E-state index contributed by atoms with van der Waals surface area (Å²) in [5.41, 5.74) is 0.568. The molecule has 0 spiro atoms. The van der Waals surface area contributed by atoms with Crippen molar-refractivity contribution in [1.82, 2.24) is 0 Å². The second-order valence-electron chi connectivity index (χ2n) is 2.75. The molecule has 15 heavy (non-hydrogen) atoms. The number of methoxy groups -OCH3 is 1. The molecule has 1 N–H and O–H groups in total. The molecule has 76 valence electrons. The number of aromatic hydroxyl groups is 1. The molecule has 0 aromatic heterocycles. The van der Waals surface area contributed by atoms with Gasteiger partial charge in [0.2, 0.25) is 0 Å². The van der Waals surface area contributed by atoms with E-state index in [1.54, 1.807) is 18.2 Å². The number of esters is 1. The van der Waals surface area contributed by atoms with Crippen LogP contribution in [0.5, 0.6) is 5.75 Å². The van der Waals surface area contributed by atoms with Gasteiger partial charge in [-0.25, -0.2) is 4.79 Å². The fraction of sp³-hybridized carbons (Fsp3) is 0.0909. The highest BCUT2D eigenvalue weighted by Gasteiger charge is 2.07. The summed E-state index contributed by atoms with van der Waals surface area (Å²) in [6, 6.07) is 7.87. The SMILES string of the molecule is COC(=O)/C(C#N)=C/c1ccc(O)cc1. The number of phenols is 1. The van der Waals surface area contributed by atoms with Crippen molar-refractivity contribution in [3.63, 3.8) is 0 Å². The van der Waals surface area contributed by atoms with E-state index in [-0.39, 0.29) is 11.3 Å². The van der Waals surface area contributed by atoms with Crippen molar-refractivity contribution in [2.75, 3.05) is 7.11 Å². The molecule has 0 aliphatic carbocycles. The number of carbonyl (C=O) groups excluding carboxylic acids is 1. The molecular formula is C11H9NO3. The van der Waals surface area contributed by atoms with Crippen LogP contribution in [-0.4, -0.2) is 18.2 Å². The zero-order chi connectivity index (χ0) is 11.3. The summed E-state index contributed by atoms with van der Waals surface area (Å²) in [5, 5.41) is 17.7. The minimum atomic E-state index is -0.675. The van der Waals surface area contributed by atoms with Crippen LogP contribution in [0.25, 0.3) is 6.08 Å². The van der Waals surface area contributed by atoms with Gasteiger partial charge in [0, 0.05) is 0 Å². The van der Waals surface area contributed by atoms with E-state index in [4.69, 9.17) is 10.4 Å². The maximum atomic E-state index is 11.1. The first-order valence-corrected chi connectivity index (χ1v) is 4.16. The highest BCUT2D eigenvalue weighted by molar-refractivity contribution is 5.97. The van der Waals surface area contributed by atoms with Crippen molar-refractivity contribution in [2.45, 2.75) is 0 Å². The average molecular weight is 203 g/mol. The van der Waals surface area contributed by atoms with Gasteiger partial charge in [0.15, 0.2) is 0 Å². The predicted molar refractivity (Wildman–Crippen MR) is 53.7 cm³/mol. The van der Waals surface area contributed by atoms with Crippen molar-refractivity contribution in [3.8, 4) is 11.8 Å². The van der Waals surface area contributed by atoms with Gasteiger partial charge in [0.05, 0.1) is 7.11 Å². The molecule has 0 radical (unpaired) electrons. The van der Waals surface area contributed by atoms with Gasteiger partial charge in [-0.05, 0) is 23.8 Å². The van der Waals surface area contributed by atoms with Crippen LogP contribution in [-0.2, 0) is 9.53 Å². The van der Waals surface area contributed by atoms with Crippen LogP contribution in [0.4, 0.5) is 0 Å². The molecule has 0 saturated carbocycles. The third-order valence-electron chi connectivity index (χ3n) is 1.73.